The molecule has 90 valence electrons. The van der Waals surface area contributed by atoms with Gasteiger partial charge < -0.3 is 0 Å². The van der Waals surface area contributed by atoms with Crippen LogP contribution < -0.4 is 5.32 Å². The summed E-state index contributed by atoms with van der Waals surface area (Å²) in [6.07, 6.45) is 5.07. The number of nitrogens with zero attached hydrogens (tertiary/aromatic N) is 2. The molecule has 1 heterocycles. The van der Waals surface area contributed by atoms with E-state index in [1.807, 2.05) is 25.1 Å². The summed E-state index contributed by atoms with van der Waals surface area (Å²) in [6.45, 7) is 1.99. The van der Waals surface area contributed by atoms with E-state index in [0.29, 0.717) is 6.04 Å². The Morgan fingerprint density at radius 1 is 1.59 bits per heavy atom. The average molecular weight is 247 g/mol. The fourth-order valence-electron chi connectivity index (χ4n) is 1.63. The van der Waals surface area contributed by atoms with E-state index in [0.717, 1.165) is 17.2 Å². The minimum Gasteiger partial charge on any atom is -0.297 e. The number of nitriles is 1. The Hall–Kier alpha value is -1.05. The normalized spacial score (nSPS) is 18.4. The van der Waals surface area contributed by atoms with Crippen molar-refractivity contribution in [2.75, 3.05) is 5.75 Å². The summed E-state index contributed by atoms with van der Waals surface area (Å²) in [6, 6.07) is 8.87. The maximum Gasteiger partial charge on any atom is 0.104 e. The molecule has 0 aliphatic heterocycles. The van der Waals surface area contributed by atoms with Gasteiger partial charge in [-0.2, -0.15) is 5.26 Å². The van der Waals surface area contributed by atoms with Crippen molar-refractivity contribution in [1.82, 2.24) is 10.3 Å². The highest BCUT2D eigenvalue weighted by Gasteiger charge is 2.32. The van der Waals surface area contributed by atoms with Crippen LogP contribution in [0, 0.1) is 11.3 Å². The van der Waals surface area contributed by atoms with Crippen LogP contribution in [0.3, 0.4) is 0 Å². The molecule has 0 radical (unpaired) electrons. The van der Waals surface area contributed by atoms with Crippen LogP contribution in [-0.2, 0) is 0 Å². The summed E-state index contributed by atoms with van der Waals surface area (Å²) in [4.78, 5) is 4.26. The third kappa shape index (κ3) is 4.03. The van der Waals surface area contributed by atoms with Crippen molar-refractivity contribution in [2.24, 2.45) is 0 Å². The molecule has 4 heteroatoms. The molecule has 1 aliphatic carbocycles. The second kappa shape index (κ2) is 5.52. The topological polar surface area (TPSA) is 48.7 Å². The van der Waals surface area contributed by atoms with Gasteiger partial charge in [0.1, 0.15) is 5.54 Å². The van der Waals surface area contributed by atoms with Crippen LogP contribution >= 0.6 is 11.8 Å². The molecule has 1 unspecified atom stereocenters. The van der Waals surface area contributed by atoms with Gasteiger partial charge in [-0.3, -0.25) is 5.32 Å². The van der Waals surface area contributed by atoms with Gasteiger partial charge in [0.15, 0.2) is 0 Å². The second-order valence-electron chi connectivity index (χ2n) is 4.63. The molecule has 0 aromatic carbocycles. The van der Waals surface area contributed by atoms with Crippen molar-refractivity contribution in [3.8, 4) is 6.07 Å². The molecule has 1 N–H and O–H groups in total. The first-order chi connectivity index (χ1) is 8.22. The van der Waals surface area contributed by atoms with Crippen molar-refractivity contribution in [1.29, 1.82) is 5.26 Å². The molecule has 2 rings (SSSR count). The van der Waals surface area contributed by atoms with Gasteiger partial charge in [0.2, 0.25) is 0 Å². The SMILES string of the molecule is CC(C#N)(CCSc1ccccn1)NC1CC1. The largest absolute Gasteiger partial charge is 0.297 e. The Kier molecular flexibility index (Phi) is 4.03. The molecule has 1 saturated carbocycles. The third-order valence-corrected chi connectivity index (χ3v) is 3.78. The summed E-state index contributed by atoms with van der Waals surface area (Å²) < 4.78 is 0. The summed E-state index contributed by atoms with van der Waals surface area (Å²) in [5, 5.41) is 13.7. The third-order valence-electron chi connectivity index (χ3n) is 2.84. The van der Waals surface area contributed by atoms with E-state index in [1.54, 1.807) is 18.0 Å². The summed E-state index contributed by atoms with van der Waals surface area (Å²) in [5.41, 5.74) is -0.386. The van der Waals surface area contributed by atoms with Crippen molar-refractivity contribution in [3.63, 3.8) is 0 Å². The molecule has 17 heavy (non-hydrogen) atoms. The quantitative estimate of drug-likeness (QED) is 0.785. The van der Waals surface area contributed by atoms with E-state index < -0.39 is 0 Å². The highest BCUT2D eigenvalue weighted by atomic mass is 32.2. The van der Waals surface area contributed by atoms with Crippen molar-refractivity contribution in [2.45, 2.75) is 42.8 Å². The molecule has 1 atom stereocenters. The predicted molar refractivity (Wildman–Crippen MR) is 69.8 cm³/mol. The maximum atomic E-state index is 9.22. The Labute approximate surface area is 107 Å². The number of pyridine rings is 1. The zero-order valence-corrected chi connectivity index (χ0v) is 10.8. The average Bonchev–Trinajstić information content (AvgIpc) is 3.14. The van der Waals surface area contributed by atoms with Gasteiger partial charge in [-0.25, -0.2) is 4.98 Å². The lowest BCUT2D eigenvalue weighted by Crippen LogP contribution is -2.42. The van der Waals surface area contributed by atoms with Gasteiger partial charge in [-0.1, -0.05) is 6.07 Å². The van der Waals surface area contributed by atoms with Gasteiger partial charge in [0.25, 0.3) is 0 Å². The molecule has 1 aromatic heterocycles. The summed E-state index contributed by atoms with van der Waals surface area (Å²) in [5.74, 6) is 0.917. The molecule has 1 aliphatic rings. The van der Waals surface area contributed by atoms with Crippen LogP contribution in [0.15, 0.2) is 29.4 Å². The fourth-order valence-corrected chi connectivity index (χ4v) is 2.66. The lowest BCUT2D eigenvalue weighted by atomic mass is 10.0. The zero-order chi connectivity index (χ0) is 12.1. The molecule has 0 saturated heterocycles. The van der Waals surface area contributed by atoms with E-state index in [4.69, 9.17) is 0 Å². The Balaban J connectivity index is 1.78. The number of thioether (sulfide) groups is 1. The van der Waals surface area contributed by atoms with Gasteiger partial charge in [0.05, 0.1) is 11.1 Å². The molecule has 0 amide bonds. The zero-order valence-electron chi connectivity index (χ0n) is 10.0. The lowest BCUT2D eigenvalue weighted by Gasteiger charge is -2.22. The number of hydrogen-bond donors (Lipinski definition) is 1. The molecular formula is C13H17N3S. The Morgan fingerprint density at radius 3 is 3.00 bits per heavy atom. The molecule has 1 fully saturated rings. The van der Waals surface area contributed by atoms with Crippen molar-refractivity contribution in [3.05, 3.63) is 24.4 Å². The first kappa shape index (κ1) is 12.4. The van der Waals surface area contributed by atoms with E-state index in [-0.39, 0.29) is 5.54 Å². The van der Waals surface area contributed by atoms with E-state index in [2.05, 4.69) is 16.4 Å². The van der Waals surface area contributed by atoms with Gasteiger partial charge >= 0.3 is 0 Å². The van der Waals surface area contributed by atoms with E-state index >= 15 is 0 Å². The maximum absolute atomic E-state index is 9.22. The Bertz CT molecular complexity index is 397. The number of hydrogen-bond acceptors (Lipinski definition) is 4. The predicted octanol–water partition coefficient (Wildman–Crippen LogP) is 2.60. The van der Waals surface area contributed by atoms with Crippen molar-refractivity contribution >= 4 is 11.8 Å². The highest BCUT2D eigenvalue weighted by Crippen LogP contribution is 2.25. The van der Waals surface area contributed by atoms with Crippen LogP contribution in [0.2, 0.25) is 0 Å². The fraction of sp³-hybridized carbons (Fsp3) is 0.538. The van der Waals surface area contributed by atoms with Crippen molar-refractivity contribution < 1.29 is 0 Å². The molecule has 3 nitrogen and oxygen atoms in total. The molecule has 1 aromatic rings. The first-order valence-electron chi connectivity index (χ1n) is 5.95. The number of nitrogens with one attached hydrogen (secondary N) is 1. The molecular weight excluding hydrogens is 230 g/mol. The van der Waals surface area contributed by atoms with Gasteiger partial charge in [0, 0.05) is 18.0 Å². The number of aromatic nitrogens is 1. The summed E-state index contributed by atoms with van der Waals surface area (Å²) in [7, 11) is 0. The lowest BCUT2D eigenvalue weighted by molar-refractivity contribution is 0.433. The highest BCUT2D eigenvalue weighted by molar-refractivity contribution is 7.99. The Morgan fingerprint density at radius 2 is 2.41 bits per heavy atom. The van der Waals surface area contributed by atoms with Crippen LogP contribution in [0.25, 0.3) is 0 Å². The van der Waals surface area contributed by atoms with Crippen LogP contribution in [-0.4, -0.2) is 22.3 Å². The van der Waals surface area contributed by atoms with Gasteiger partial charge in [-0.05, 0) is 38.3 Å². The van der Waals surface area contributed by atoms with Crippen LogP contribution in [0.4, 0.5) is 0 Å². The second-order valence-corrected chi connectivity index (χ2v) is 5.74. The monoisotopic (exact) mass is 247 g/mol. The first-order valence-corrected chi connectivity index (χ1v) is 6.93. The summed E-state index contributed by atoms with van der Waals surface area (Å²) >= 11 is 1.71. The van der Waals surface area contributed by atoms with E-state index in [9.17, 15) is 5.26 Å². The minimum absolute atomic E-state index is 0.386. The smallest absolute Gasteiger partial charge is 0.104 e. The number of rotatable bonds is 6. The standard InChI is InChI=1S/C13H17N3S/c1-13(10-14,16-11-5-6-11)7-9-17-12-4-2-3-8-15-12/h2-4,8,11,16H,5-7,9H2,1H3. The van der Waals surface area contributed by atoms with E-state index in [1.165, 1.54) is 12.8 Å². The van der Waals surface area contributed by atoms with Crippen LogP contribution in [0.1, 0.15) is 26.2 Å². The molecule has 0 bridgehead atoms. The van der Waals surface area contributed by atoms with Gasteiger partial charge in [-0.15, -0.1) is 11.8 Å². The van der Waals surface area contributed by atoms with Crippen LogP contribution in [0.5, 0.6) is 0 Å². The molecule has 0 spiro atoms. The minimum atomic E-state index is -0.386.